The Morgan fingerprint density at radius 3 is 2.42 bits per heavy atom. The van der Waals surface area contributed by atoms with Crippen LogP contribution >= 0.6 is 0 Å². The molecule has 0 amide bonds. The minimum atomic E-state index is -4.66. The summed E-state index contributed by atoms with van der Waals surface area (Å²) in [5.74, 6) is -0.323. The van der Waals surface area contributed by atoms with Crippen LogP contribution in [0.15, 0.2) is 29.2 Å². The van der Waals surface area contributed by atoms with Gasteiger partial charge in [0.15, 0.2) is 9.84 Å². The van der Waals surface area contributed by atoms with Gasteiger partial charge < -0.3 is 5.32 Å². The molecule has 1 N–H and O–H groups in total. The minimum Gasteiger partial charge on any atom is -0.313 e. The Morgan fingerprint density at radius 2 is 1.84 bits per heavy atom. The molecule has 0 spiro atoms. The highest BCUT2D eigenvalue weighted by Crippen LogP contribution is 2.34. The molecule has 1 fully saturated rings. The van der Waals surface area contributed by atoms with E-state index in [2.05, 4.69) is 5.32 Å². The molecule has 0 atom stereocenters. The molecule has 19 heavy (non-hydrogen) atoms. The van der Waals surface area contributed by atoms with Crippen LogP contribution < -0.4 is 5.32 Å². The summed E-state index contributed by atoms with van der Waals surface area (Å²) in [6.45, 7) is 0.180. The monoisotopic (exact) mass is 293 g/mol. The van der Waals surface area contributed by atoms with Crippen molar-refractivity contribution in [1.82, 2.24) is 5.32 Å². The maximum absolute atomic E-state index is 12.8. The van der Waals surface area contributed by atoms with Crippen molar-refractivity contribution in [1.29, 1.82) is 0 Å². The second kappa shape index (κ2) is 5.13. The van der Waals surface area contributed by atoms with E-state index in [1.165, 1.54) is 12.1 Å². The lowest BCUT2D eigenvalue weighted by Crippen LogP contribution is -2.26. The van der Waals surface area contributed by atoms with E-state index in [-0.39, 0.29) is 12.3 Å². The second-order valence-corrected chi connectivity index (χ2v) is 6.62. The standard InChI is InChI=1S/C12H14F3NO2S/c13-12(14,15)10-3-1-2-4-11(10)19(17,18)8-7-16-9-5-6-9/h1-4,9,16H,5-8H2. The van der Waals surface area contributed by atoms with Gasteiger partial charge >= 0.3 is 6.18 Å². The average Bonchev–Trinajstić information content (AvgIpc) is 3.12. The zero-order chi connectivity index (χ0) is 14.1. The fourth-order valence-electron chi connectivity index (χ4n) is 1.77. The lowest BCUT2D eigenvalue weighted by Gasteiger charge is -2.13. The molecule has 1 saturated carbocycles. The van der Waals surface area contributed by atoms with Crippen LogP contribution in [-0.2, 0) is 16.0 Å². The SMILES string of the molecule is O=S(=O)(CCNC1CC1)c1ccccc1C(F)(F)F. The van der Waals surface area contributed by atoms with Crippen molar-refractivity contribution in [3.63, 3.8) is 0 Å². The number of halogens is 3. The predicted molar refractivity (Wildman–Crippen MR) is 64.5 cm³/mol. The molecule has 0 bridgehead atoms. The maximum Gasteiger partial charge on any atom is 0.417 e. The third-order valence-electron chi connectivity index (χ3n) is 2.91. The van der Waals surface area contributed by atoms with Gasteiger partial charge in [-0.1, -0.05) is 12.1 Å². The number of benzene rings is 1. The smallest absolute Gasteiger partial charge is 0.313 e. The van der Waals surface area contributed by atoms with E-state index in [0.29, 0.717) is 6.04 Å². The van der Waals surface area contributed by atoms with Crippen molar-refractivity contribution in [2.75, 3.05) is 12.3 Å². The van der Waals surface area contributed by atoms with Gasteiger partial charge in [-0.25, -0.2) is 8.42 Å². The van der Waals surface area contributed by atoms with Crippen LogP contribution in [0.1, 0.15) is 18.4 Å². The van der Waals surface area contributed by atoms with E-state index in [1.807, 2.05) is 0 Å². The highest BCUT2D eigenvalue weighted by atomic mass is 32.2. The van der Waals surface area contributed by atoms with Crippen molar-refractivity contribution >= 4 is 9.84 Å². The molecule has 7 heteroatoms. The summed E-state index contributed by atoms with van der Waals surface area (Å²) >= 11 is 0. The largest absolute Gasteiger partial charge is 0.417 e. The summed E-state index contributed by atoms with van der Waals surface area (Å²) in [5, 5.41) is 2.98. The van der Waals surface area contributed by atoms with E-state index in [0.717, 1.165) is 25.0 Å². The normalized spacial score (nSPS) is 16.6. The Morgan fingerprint density at radius 1 is 1.21 bits per heavy atom. The first-order valence-electron chi connectivity index (χ1n) is 5.93. The Kier molecular flexibility index (Phi) is 3.87. The Labute approximate surface area is 109 Å². The average molecular weight is 293 g/mol. The summed E-state index contributed by atoms with van der Waals surface area (Å²) in [6.07, 6.45) is -2.66. The van der Waals surface area contributed by atoms with E-state index in [4.69, 9.17) is 0 Å². The molecule has 0 heterocycles. The number of rotatable bonds is 5. The van der Waals surface area contributed by atoms with Crippen molar-refractivity contribution in [2.24, 2.45) is 0 Å². The van der Waals surface area contributed by atoms with E-state index in [1.54, 1.807) is 0 Å². The molecule has 1 aromatic carbocycles. The van der Waals surface area contributed by atoms with E-state index >= 15 is 0 Å². The van der Waals surface area contributed by atoms with Gasteiger partial charge in [0.05, 0.1) is 16.2 Å². The lowest BCUT2D eigenvalue weighted by molar-refractivity contribution is -0.139. The summed E-state index contributed by atoms with van der Waals surface area (Å²) in [4.78, 5) is -0.639. The summed E-state index contributed by atoms with van der Waals surface area (Å²) in [6, 6.07) is 4.62. The molecule has 3 nitrogen and oxygen atoms in total. The number of hydrogen-bond acceptors (Lipinski definition) is 3. The van der Waals surface area contributed by atoms with Gasteiger partial charge in [0.2, 0.25) is 0 Å². The second-order valence-electron chi connectivity index (χ2n) is 4.54. The molecule has 1 aliphatic carbocycles. The summed E-state index contributed by atoms with van der Waals surface area (Å²) < 4.78 is 62.2. The quantitative estimate of drug-likeness (QED) is 0.905. The van der Waals surface area contributed by atoms with Crippen molar-refractivity contribution in [2.45, 2.75) is 30.0 Å². The predicted octanol–water partition coefficient (Wildman–Crippen LogP) is 2.23. The summed E-state index contributed by atoms with van der Waals surface area (Å²) in [5.41, 5.74) is -1.10. The van der Waals surface area contributed by atoms with Crippen LogP contribution in [0.3, 0.4) is 0 Å². The zero-order valence-corrected chi connectivity index (χ0v) is 10.9. The molecular formula is C12H14F3NO2S. The minimum absolute atomic E-state index is 0.180. The van der Waals surface area contributed by atoms with Crippen molar-refractivity contribution in [3.05, 3.63) is 29.8 Å². The first-order chi connectivity index (χ1) is 8.81. The Hall–Kier alpha value is -1.08. The molecule has 0 aromatic heterocycles. The molecule has 1 aromatic rings. The van der Waals surface area contributed by atoms with Gasteiger partial charge in [0.25, 0.3) is 0 Å². The van der Waals surface area contributed by atoms with E-state index in [9.17, 15) is 21.6 Å². The number of sulfone groups is 1. The van der Waals surface area contributed by atoms with Gasteiger partial charge in [-0.2, -0.15) is 13.2 Å². The molecule has 1 aliphatic rings. The topological polar surface area (TPSA) is 46.2 Å². The van der Waals surface area contributed by atoms with Gasteiger partial charge in [-0.05, 0) is 25.0 Å². The molecule has 0 aliphatic heterocycles. The van der Waals surface area contributed by atoms with Crippen LogP contribution in [0.5, 0.6) is 0 Å². The fraction of sp³-hybridized carbons (Fsp3) is 0.500. The van der Waals surface area contributed by atoms with E-state index < -0.39 is 26.5 Å². The third-order valence-corrected chi connectivity index (χ3v) is 4.68. The van der Waals surface area contributed by atoms with Crippen LogP contribution in [0, 0.1) is 0 Å². The van der Waals surface area contributed by atoms with Gasteiger partial charge in [0, 0.05) is 12.6 Å². The van der Waals surface area contributed by atoms with Crippen LogP contribution in [-0.4, -0.2) is 26.8 Å². The molecule has 106 valence electrons. The molecule has 2 rings (SSSR count). The van der Waals surface area contributed by atoms with Gasteiger partial charge in [0.1, 0.15) is 0 Å². The number of hydrogen-bond donors (Lipinski definition) is 1. The third kappa shape index (κ3) is 3.70. The van der Waals surface area contributed by atoms with Crippen molar-refractivity contribution < 1.29 is 21.6 Å². The Balaban J connectivity index is 2.19. The number of nitrogens with one attached hydrogen (secondary N) is 1. The molecule has 0 radical (unpaired) electrons. The van der Waals surface area contributed by atoms with Crippen LogP contribution in [0.2, 0.25) is 0 Å². The van der Waals surface area contributed by atoms with Gasteiger partial charge in [-0.3, -0.25) is 0 Å². The lowest BCUT2D eigenvalue weighted by atomic mass is 10.2. The fourth-order valence-corrected chi connectivity index (χ4v) is 3.18. The molecule has 0 unspecified atom stereocenters. The number of alkyl halides is 3. The molecule has 0 saturated heterocycles. The molecular weight excluding hydrogens is 279 g/mol. The first kappa shape index (κ1) is 14.3. The first-order valence-corrected chi connectivity index (χ1v) is 7.58. The van der Waals surface area contributed by atoms with Gasteiger partial charge in [-0.15, -0.1) is 0 Å². The maximum atomic E-state index is 12.8. The highest BCUT2D eigenvalue weighted by molar-refractivity contribution is 7.91. The van der Waals surface area contributed by atoms with Crippen LogP contribution in [0.25, 0.3) is 0 Å². The van der Waals surface area contributed by atoms with Crippen molar-refractivity contribution in [3.8, 4) is 0 Å². The highest BCUT2D eigenvalue weighted by Gasteiger charge is 2.36. The summed E-state index contributed by atoms with van der Waals surface area (Å²) in [7, 11) is -3.92. The Bertz CT molecular complexity index is 550. The zero-order valence-electron chi connectivity index (χ0n) is 10.1. The van der Waals surface area contributed by atoms with Crippen LogP contribution in [0.4, 0.5) is 13.2 Å².